The van der Waals surface area contributed by atoms with Crippen molar-refractivity contribution in [2.45, 2.75) is 38.5 Å². The summed E-state index contributed by atoms with van der Waals surface area (Å²) in [6.45, 7) is 2.11. The normalized spacial score (nSPS) is 18.4. The molecule has 0 spiro atoms. The number of hydrogen-bond acceptors (Lipinski definition) is 2. The molecule has 1 aromatic carbocycles. The fourth-order valence-electron chi connectivity index (χ4n) is 2.94. The number of piperidine rings is 1. The molecular formula is C17H21F3N2O2. The van der Waals surface area contributed by atoms with E-state index in [-0.39, 0.29) is 11.8 Å². The van der Waals surface area contributed by atoms with Gasteiger partial charge in [0, 0.05) is 25.3 Å². The van der Waals surface area contributed by atoms with E-state index in [0.717, 1.165) is 45.2 Å². The molecule has 1 heterocycles. The largest absolute Gasteiger partial charge is 0.573 e. The van der Waals surface area contributed by atoms with Crippen molar-refractivity contribution in [3.05, 3.63) is 24.3 Å². The lowest BCUT2D eigenvalue weighted by Gasteiger charge is -2.33. The lowest BCUT2D eigenvalue weighted by molar-refractivity contribution is -0.274. The molecule has 3 rings (SSSR count). The molecule has 0 atom stereocenters. The number of nitrogens with zero attached hydrogens (tertiary/aromatic N) is 2. The number of ether oxygens (including phenoxy) is 1. The number of rotatable bonds is 4. The molecule has 1 aliphatic carbocycles. The maximum atomic E-state index is 12.8. The SMILES string of the molecule is O=C(N1CCCCC1)N(CC1CC1)c1ccc(OC(F)(F)F)cc1. The van der Waals surface area contributed by atoms with Crippen molar-refractivity contribution in [1.82, 2.24) is 4.90 Å². The molecule has 0 radical (unpaired) electrons. The first-order chi connectivity index (χ1) is 11.4. The summed E-state index contributed by atoms with van der Waals surface area (Å²) in [7, 11) is 0. The molecule has 1 aromatic rings. The minimum absolute atomic E-state index is 0.0499. The van der Waals surface area contributed by atoms with E-state index in [1.54, 1.807) is 4.90 Å². The van der Waals surface area contributed by atoms with Gasteiger partial charge in [0.05, 0.1) is 0 Å². The number of amides is 2. The van der Waals surface area contributed by atoms with E-state index >= 15 is 0 Å². The van der Waals surface area contributed by atoms with Gasteiger partial charge in [-0.05, 0) is 62.3 Å². The second-order valence-corrected chi connectivity index (χ2v) is 6.43. The summed E-state index contributed by atoms with van der Waals surface area (Å²) in [5.41, 5.74) is 0.618. The number of carbonyl (C=O) groups is 1. The quantitative estimate of drug-likeness (QED) is 0.812. The molecule has 0 unspecified atom stereocenters. The highest BCUT2D eigenvalue weighted by Crippen LogP contribution is 2.33. The van der Waals surface area contributed by atoms with Gasteiger partial charge in [-0.25, -0.2) is 4.79 Å². The van der Waals surface area contributed by atoms with E-state index in [9.17, 15) is 18.0 Å². The van der Waals surface area contributed by atoms with Crippen LogP contribution in [0.2, 0.25) is 0 Å². The van der Waals surface area contributed by atoms with E-state index < -0.39 is 6.36 Å². The van der Waals surface area contributed by atoms with Crippen LogP contribution in [0.4, 0.5) is 23.7 Å². The number of urea groups is 1. The van der Waals surface area contributed by atoms with Crippen molar-refractivity contribution in [2.75, 3.05) is 24.5 Å². The van der Waals surface area contributed by atoms with Crippen LogP contribution in [-0.2, 0) is 0 Å². The van der Waals surface area contributed by atoms with Gasteiger partial charge < -0.3 is 9.64 Å². The predicted molar refractivity (Wildman–Crippen MR) is 84.0 cm³/mol. The smallest absolute Gasteiger partial charge is 0.406 e. The zero-order chi connectivity index (χ0) is 17.2. The maximum Gasteiger partial charge on any atom is 0.573 e. The first-order valence-corrected chi connectivity index (χ1v) is 8.34. The maximum absolute atomic E-state index is 12.8. The van der Waals surface area contributed by atoms with Gasteiger partial charge in [-0.15, -0.1) is 13.2 Å². The van der Waals surface area contributed by atoms with Crippen molar-refractivity contribution in [2.24, 2.45) is 5.92 Å². The van der Waals surface area contributed by atoms with Gasteiger partial charge in [0.1, 0.15) is 5.75 Å². The van der Waals surface area contributed by atoms with E-state index in [1.807, 2.05) is 4.90 Å². The van der Waals surface area contributed by atoms with Gasteiger partial charge in [0.2, 0.25) is 0 Å². The monoisotopic (exact) mass is 342 g/mol. The van der Waals surface area contributed by atoms with E-state index in [1.165, 1.54) is 24.3 Å². The third kappa shape index (κ3) is 4.55. The molecule has 1 saturated carbocycles. The highest BCUT2D eigenvalue weighted by atomic mass is 19.4. The minimum atomic E-state index is -4.71. The Morgan fingerprint density at radius 1 is 1.12 bits per heavy atom. The van der Waals surface area contributed by atoms with E-state index in [0.29, 0.717) is 18.2 Å². The molecule has 0 aromatic heterocycles. The predicted octanol–water partition coefficient (Wildman–Crippen LogP) is 4.41. The fraction of sp³-hybridized carbons (Fsp3) is 0.588. The lowest BCUT2D eigenvalue weighted by atomic mass is 10.1. The summed E-state index contributed by atoms with van der Waals surface area (Å²) in [6, 6.07) is 5.50. The molecule has 0 bridgehead atoms. The first-order valence-electron chi connectivity index (χ1n) is 8.34. The van der Waals surface area contributed by atoms with Crippen molar-refractivity contribution >= 4 is 11.7 Å². The van der Waals surface area contributed by atoms with Crippen LogP contribution in [0.3, 0.4) is 0 Å². The second kappa shape index (κ2) is 6.91. The standard InChI is InChI=1S/C17H21F3N2O2/c18-17(19,20)24-15-8-6-14(7-9-15)22(12-13-4-5-13)16(23)21-10-2-1-3-11-21/h6-9,13H,1-5,10-12H2. The van der Waals surface area contributed by atoms with Crippen LogP contribution in [0.1, 0.15) is 32.1 Å². The van der Waals surface area contributed by atoms with Gasteiger partial charge >= 0.3 is 12.4 Å². The minimum Gasteiger partial charge on any atom is -0.406 e. The van der Waals surface area contributed by atoms with Gasteiger partial charge in [0.25, 0.3) is 0 Å². The molecule has 2 fully saturated rings. The molecule has 2 aliphatic rings. The molecule has 2 amide bonds. The van der Waals surface area contributed by atoms with Crippen LogP contribution >= 0.6 is 0 Å². The topological polar surface area (TPSA) is 32.8 Å². The number of benzene rings is 1. The number of hydrogen-bond donors (Lipinski definition) is 0. The Labute approximate surface area is 139 Å². The number of carbonyl (C=O) groups excluding carboxylic acids is 1. The number of alkyl halides is 3. The Bertz CT molecular complexity index is 564. The molecule has 1 saturated heterocycles. The third-order valence-corrected chi connectivity index (χ3v) is 4.38. The first kappa shape index (κ1) is 16.9. The van der Waals surface area contributed by atoms with Crippen LogP contribution in [-0.4, -0.2) is 36.9 Å². The summed E-state index contributed by atoms with van der Waals surface area (Å²) >= 11 is 0. The summed E-state index contributed by atoms with van der Waals surface area (Å²) in [6.07, 6.45) is 0.621. The van der Waals surface area contributed by atoms with Crippen LogP contribution in [0, 0.1) is 5.92 Å². The Kier molecular flexibility index (Phi) is 4.87. The molecule has 7 heteroatoms. The van der Waals surface area contributed by atoms with Gasteiger partial charge in [-0.2, -0.15) is 0 Å². The summed E-state index contributed by atoms with van der Waals surface area (Å²) in [5, 5.41) is 0. The summed E-state index contributed by atoms with van der Waals surface area (Å²) in [5.74, 6) is 0.216. The fourth-order valence-corrected chi connectivity index (χ4v) is 2.94. The van der Waals surface area contributed by atoms with Crippen molar-refractivity contribution in [3.8, 4) is 5.75 Å². The number of halogens is 3. The summed E-state index contributed by atoms with van der Waals surface area (Å²) in [4.78, 5) is 16.4. The van der Waals surface area contributed by atoms with Crippen LogP contribution < -0.4 is 9.64 Å². The highest BCUT2D eigenvalue weighted by molar-refractivity contribution is 5.92. The average Bonchev–Trinajstić information content (AvgIpc) is 3.36. The van der Waals surface area contributed by atoms with Crippen LogP contribution in [0.15, 0.2) is 24.3 Å². The number of likely N-dealkylation sites (tertiary alicyclic amines) is 1. The highest BCUT2D eigenvalue weighted by Gasteiger charge is 2.32. The van der Waals surface area contributed by atoms with Gasteiger partial charge in [-0.1, -0.05) is 0 Å². The van der Waals surface area contributed by atoms with E-state index in [4.69, 9.17) is 0 Å². The van der Waals surface area contributed by atoms with Gasteiger partial charge in [0.15, 0.2) is 0 Å². The van der Waals surface area contributed by atoms with Crippen molar-refractivity contribution in [1.29, 1.82) is 0 Å². The molecule has 0 N–H and O–H groups in total. The zero-order valence-electron chi connectivity index (χ0n) is 13.4. The van der Waals surface area contributed by atoms with Crippen LogP contribution in [0.25, 0.3) is 0 Å². The Morgan fingerprint density at radius 3 is 2.29 bits per heavy atom. The molecule has 24 heavy (non-hydrogen) atoms. The Hall–Kier alpha value is -1.92. The molecular weight excluding hydrogens is 321 g/mol. The van der Waals surface area contributed by atoms with Gasteiger partial charge in [-0.3, -0.25) is 4.90 Å². The third-order valence-electron chi connectivity index (χ3n) is 4.38. The number of anilines is 1. The Morgan fingerprint density at radius 2 is 1.75 bits per heavy atom. The Balaban J connectivity index is 1.73. The lowest BCUT2D eigenvalue weighted by Crippen LogP contribution is -2.46. The molecule has 1 aliphatic heterocycles. The zero-order valence-corrected chi connectivity index (χ0v) is 13.4. The molecule has 132 valence electrons. The van der Waals surface area contributed by atoms with Crippen molar-refractivity contribution in [3.63, 3.8) is 0 Å². The van der Waals surface area contributed by atoms with E-state index in [2.05, 4.69) is 4.74 Å². The van der Waals surface area contributed by atoms with Crippen LogP contribution in [0.5, 0.6) is 5.75 Å². The molecule has 4 nitrogen and oxygen atoms in total. The van der Waals surface area contributed by atoms with Crippen molar-refractivity contribution < 1.29 is 22.7 Å². The second-order valence-electron chi connectivity index (χ2n) is 6.43. The summed E-state index contributed by atoms with van der Waals surface area (Å²) < 4.78 is 40.7. The average molecular weight is 342 g/mol.